The largest absolute Gasteiger partial charge is 0.480 e. The maximum atomic E-state index is 13.3. The highest BCUT2D eigenvalue weighted by Gasteiger charge is 2.32. The van der Waals surface area contributed by atoms with Crippen molar-refractivity contribution >= 4 is 11.9 Å². The lowest BCUT2D eigenvalue weighted by molar-refractivity contribution is -0.143. The zero-order valence-corrected chi connectivity index (χ0v) is 13.1. The van der Waals surface area contributed by atoms with Crippen LogP contribution in [0.2, 0.25) is 0 Å². The quantitative estimate of drug-likeness (QED) is 0.899. The molecule has 1 unspecified atom stereocenters. The first-order valence-electron chi connectivity index (χ1n) is 7.48. The Morgan fingerprint density at radius 2 is 2.09 bits per heavy atom. The molecule has 1 amide bonds. The van der Waals surface area contributed by atoms with Gasteiger partial charge in [-0.2, -0.15) is 0 Å². The third-order valence-electron chi connectivity index (χ3n) is 4.39. The molecule has 1 aromatic carbocycles. The van der Waals surface area contributed by atoms with Crippen LogP contribution in [0.3, 0.4) is 0 Å². The second-order valence-corrected chi connectivity index (χ2v) is 5.82. The number of halogens is 2. The fourth-order valence-corrected chi connectivity index (χ4v) is 2.79. The van der Waals surface area contributed by atoms with E-state index in [1.54, 1.807) is 18.9 Å². The lowest BCUT2D eigenvalue weighted by atomic mass is 10.1. The number of benzene rings is 1. The van der Waals surface area contributed by atoms with Crippen molar-refractivity contribution in [3.05, 3.63) is 35.4 Å². The summed E-state index contributed by atoms with van der Waals surface area (Å²) in [7, 11) is 1.57. The average molecular weight is 326 g/mol. The standard InChI is InChI=1S/C16H20F2N2O3/c1-10(11-5-6-12(17)13(18)8-11)19(2)15(21)9-20-7-3-4-14(20)16(22)23/h5-6,8,10,14H,3-4,7,9H2,1-2H3,(H,22,23)/t10?,14-/m1/s1. The number of rotatable bonds is 5. The number of carboxylic acids is 1. The Hall–Kier alpha value is -2.02. The van der Waals surface area contributed by atoms with Crippen molar-refractivity contribution in [2.75, 3.05) is 20.1 Å². The van der Waals surface area contributed by atoms with Crippen molar-refractivity contribution in [2.45, 2.75) is 31.8 Å². The van der Waals surface area contributed by atoms with E-state index in [4.69, 9.17) is 5.11 Å². The molecule has 126 valence electrons. The fourth-order valence-electron chi connectivity index (χ4n) is 2.79. The molecular weight excluding hydrogens is 306 g/mol. The Morgan fingerprint density at radius 1 is 1.39 bits per heavy atom. The van der Waals surface area contributed by atoms with Crippen LogP contribution < -0.4 is 0 Å². The van der Waals surface area contributed by atoms with Crippen LogP contribution in [-0.2, 0) is 9.59 Å². The maximum absolute atomic E-state index is 13.3. The molecule has 23 heavy (non-hydrogen) atoms. The molecule has 0 bridgehead atoms. The van der Waals surface area contributed by atoms with Gasteiger partial charge in [0.2, 0.25) is 5.91 Å². The number of amides is 1. The van der Waals surface area contributed by atoms with Crippen LogP contribution in [0, 0.1) is 11.6 Å². The van der Waals surface area contributed by atoms with Crippen LogP contribution >= 0.6 is 0 Å². The Kier molecular flexibility index (Phi) is 5.30. The first-order valence-corrected chi connectivity index (χ1v) is 7.48. The molecule has 5 nitrogen and oxygen atoms in total. The SMILES string of the molecule is CC(c1ccc(F)c(F)c1)N(C)C(=O)CN1CCC[C@@H]1C(=O)O. The van der Waals surface area contributed by atoms with Crippen molar-refractivity contribution in [3.8, 4) is 0 Å². The lowest BCUT2D eigenvalue weighted by Gasteiger charge is -2.28. The summed E-state index contributed by atoms with van der Waals surface area (Å²) >= 11 is 0. The van der Waals surface area contributed by atoms with E-state index in [9.17, 15) is 18.4 Å². The number of aliphatic carboxylic acids is 1. The second-order valence-electron chi connectivity index (χ2n) is 5.82. The summed E-state index contributed by atoms with van der Waals surface area (Å²) in [6.07, 6.45) is 1.28. The monoisotopic (exact) mass is 326 g/mol. The normalized spacial score (nSPS) is 19.6. The minimum atomic E-state index is -0.958. The average Bonchev–Trinajstić information content (AvgIpc) is 2.96. The highest BCUT2D eigenvalue weighted by molar-refractivity contribution is 5.80. The van der Waals surface area contributed by atoms with Crippen LogP contribution in [0.1, 0.15) is 31.4 Å². The molecule has 0 spiro atoms. The Morgan fingerprint density at radius 3 is 2.70 bits per heavy atom. The molecule has 1 aliphatic heterocycles. The van der Waals surface area contributed by atoms with Gasteiger partial charge in [-0.05, 0) is 44.0 Å². The van der Waals surface area contributed by atoms with Crippen molar-refractivity contribution in [1.82, 2.24) is 9.80 Å². The summed E-state index contributed by atoms with van der Waals surface area (Å²) in [6.45, 7) is 2.28. The first kappa shape index (κ1) is 17.3. The second kappa shape index (κ2) is 7.04. The number of carbonyl (C=O) groups excluding carboxylic acids is 1. The Labute approximate surface area is 133 Å². The summed E-state index contributed by atoms with van der Waals surface area (Å²) in [6, 6.07) is 2.46. The number of carbonyl (C=O) groups is 2. The van der Waals surface area contributed by atoms with Gasteiger partial charge in [0.15, 0.2) is 11.6 Å². The molecule has 0 saturated carbocycles. The maximum Gasteiger partial charge on any atom is 0.320 e. The lowest BCUT2D eigenvalue weighted by Crippen LogP contribution is -2.44. The minimum absolute atomic E-state index is 0.00147. The van der Waals surface area contributed by atoms with Crippen molar-refractivity contribution in [2.24, 2.45) is 0 Å². The molecule has 2 rings (SSSR count). The van der Waals surface area contributed by atoms with Gasteiger partial charge >= 0.3 is 5.97 Å². The molecular formula is C16H20F2N2O3. The molecule has 7 heteroatoms. The van der Waals surface area contributed by atoms with E-state index >= 15 is 0 Å². The number of hydrogen-bond acceptors (Lipinski definition) is 3. The van der Waals surface area contributed by atoms with E-state index in [0.29, 0.717) is 18.5 Å². The van der Waals surface area contributed by atoms with Crippen molar-refractivity contribution in [3.63, 3.8) is 0 Å². The number of hydrogen-bond donors (Lipinski definition) is 1. The molecule has 1 aromatic rings. The zero-order chi connectivity index (χ0) is 17.1. The molecule has 0 aliphatic carbocycles. The molecule has 1 heterocycles. The predicted octanol–water partition coefficient (Wildman–Crippen LogP) is 2.03. The van der Waals surface area contributed by atoms with Gasteiger partial charge in [-0.1, -0.05) is 6.07 Å². The molecule has 1 saturated heterocycles. The zero-order valence-electron chi connectivity index (χ0n) is 13.1. The molecule has 2 atom stereocenters. The third kappa shape index (κ3) is 3.85. The first-order chi connectivity index (χ1) is 10.8. The minimum Gasteiger partial charge on any atom is -0.480 e. The molecule has 1 fully saturated rings. The van der Waals surface area contributed by atoms with Gasteiger partial charge in [0.05, 0.1) is 12.6 Å². The third-order valence-corrected chi connectivity index (χ3v) is 4.39. The van der Waals surface area contributed by atoms with E-state index in [-0.39, 0.29) is 12.5 Å². The van der Waals surface area contributed by atoms with Crippen LogP contribution in [0.25, 0.3) is 0 Å². The highest BCUT2D eigenvalue weighted by Crippen LogP contribution is 2.22. The van der Waals surface area contributed by atoms with Gasteiger partial charge in [-0.3, -0.25) is 14.5 Å². The van der Waals surface area contributed by atoms with E-state index in [0.717, 1.165) is 18.6 Å². The smallest absolute Gasteiger partial charge is 0.320 e. The summed E-state index contributed by atoms with van der Waals surface area (Å²) in [4.78, 5) is 26.6. The van der Waals surface area contributed by atoms with E-state index < -0.39 is 29.7 Å². The van der Waals surface area contributed by atoms with Gasteiger partial charge in [-0.15, -0.1) is 0 Å². The number of likely N-dealkylation sites (tertiary alicyclic amines) is 1. The van der Waals surface area contributed by atoms with E-state index in [1.165, 1.54) is 11.0 Å². The fraction of sp³-hybridized carbons (Fsp3) is 0.500. The molecule has 0 radical (unpaired) electrons. The van der Waals surface area contributed by atoms with Crippen LogP contribution in [0.15, 0.2) is 18.2 Å². The summed E-state index contributed by atoms with van der Waals surface area (Å²) in [5.74, 6) is -3.07. The van der Waals surface area contributed by atoms with Crippen molar-refractivity contribution < 1.29 is 23.5 Å². The summed E-state index contributed by atoms with van der Waals surface area (Å²) in [5, 5.41) is 9.14. The number of nitrogens with zero attached hydrogens (tertiary/aromatic N) is 2. The van der Waals surface area contributed by atoms with Crippen LogP contribution in [0.4, 0.5) is 8.78 Å². The van der Waals surface area contributed by atoms with E-state index in [2.05, 4.69) is 0 Å². The number of likely N-dealkylation sites (N-methyl/N-ethyl adjacent to an activating group) is 1. The topological polar surface area (TPSA) is 60.9 Å². The summed E-state index contributed by atoms with van der Waals surface area (Å²) < 4.78 is 26.3. The van der Waals surface area contributed by atoms with Crippen molar-refractivity contribution in [1.29, 1.82) is 0 Å². The van der Waals surface area contributed by atoms with Crippen LogP contribution in [-0.4, -0.2) is 53.0 Å². The van der Waals surface area contributed by atoms with Crippen LogP contribution in [0.5, 0.6) is 0 Å². The predicted molar refractivity (Wildman–Crippen MR) is 79.8 cm³/mol. The van der Waals surface area contributed by atoms with Gasteiger partial charge in [0.25, 0.3) is 0 Å². The Bertz CT molecular complexity index is 609. The number of carboxylic acid groups (broad SMARTS) is 1. The molecule has 0 aromatic heterocycles. The molecule has 1 N–H and O–H groups in total. The highest BCUT2D eigenvalue weighted by atomic mass is 19.2. The van der Waals surface area contributed by atoms with E-state index in [1.807, 2.05) is 0 Å². The Balaban J connectivity index is 2.03. The van der Waals surface area contributed by atoms with Gasteiger partial charge in [0.1, 0.15) is 6.04 Å². The van der Waals surface area contributed by atoms with Gasteiger partial charge in [0, 0.05) is 7.05 Å². The summed E-state index contributed by atoms with van der Waals surface area (Å²) in [5.41, 5.74) is 0.482. The molecule has 1 aliphatic rings. The van der Waals surface area contributed by atoms with Gasteiger partial charge in [-0.25, -0.2) is 8.78 Å². The van der Waals surface area contributed by atoms with Gasteiger partial charge < -0.3 is 10.0 Å².